The van der Waals surface area contributed by atoms with Gasteiger partial charge in [-0.3, -0.25) is 9.48 Å². The lowest BCUT2D eigenvalue weighted by atomic mass is 9.97. The molecule has 4 rings (SSSR count). The van der Waals surface area contributed by atoms with Crippen LogP contribution in [0.1, 0.15) is 12.0 Å². The van der Waals surface area contributed by atoms with Gasteiger partial charge in [0.15, 0.2) is 5.82 Å². The van der Waals surface area contributed by atoms with Crippen LogP contribution >= 0.6 is 0 Å². The molecule has 124 valence electrons. The minimum absolute atomic E-state index is 0.537. The van der Waals surface area contributed by atoms with E-state index in [1.807, 2.05) is 40.7 Å². The molecule has 0 saturated carbocycles. The Morgan fingerprint density at radius 3 is 3.12 bits per heavy atom. The van der Waals surface area contributed by atoms with E-state index in [4.69, 9.17) is 4.74 Å². The quantitative estimate of drug-likeness (QED) is 0.727. The number of hydrogen-bond acceptors (Lipinski definition) is 4. The van der Waals surface area contributed by atoms with Gasteiger partial charge in [0.05, 0.1) is 18.1 Å². The van der Waals surface area contributed by atoms with E-state index < -0.39 is 0 Å². The fourth-order valence-electron chi connectivity index (χ4n) is 3.32. The van der Waals surface area contributed by atoms with Crippen molar-refractivity contribution < 1.29 is 9.53 Å². The highest BCUT2D eigenvalue weighted by Crippen LogP contribution is 2.28. The molecule has 7 nitrogen and oxygen atoms in total. The molecule has 1 saturated heterocycles. The number of carbonyl (C=O) groups is 1. The van der Waals surface area contributed by atoms with Crippen LogP contribution in [0.3, 0.4) is 0 Å². The number of aromatic nitrogens is 4. The highest BCUT2D eigenvalue weighted by Gasteiger charge is 2.20. The first-order valence-electron chi connectivity index (χ1n) is 8.02. The Hall–Kier alpha value is -2.67. The Morgan fingerprint density at radius 2 is 2.33 bits per heavy atom. The van der Waals surface area contributed by atoms with Crippen molar-refractivity contribution in [3.8, 4) is 11.3 Å². The zero-order valence-electron chi connectivity index (χ0n) is 13.5. The number of rotatable bonds is 5. The molecule has 7 heteroatoms. The number of anilines is 1. The first-order valence-corrected chi connectivity index (χ1v) is 8.02. The summed E-state index contributed by atoms with van der Waals surface area (Å²) in [6.45, 7) is 1.68. The van der Waals surface area contributed by atoms with Gasteiger partial charge >= 0.3 is 0 Å². The van der Waals surface area contributed by atoms with Crippen molar-refractivity contribution in [2.45, 2.75) is 12.8 Å². The van der Waals surface area contributed by atoms with Crippen LogP contribution in [0, 0.1) is 5.92 Å². The molecule has 4 heterocycles. The second kappa shape index (κ2) is 6.09. The summed E-state index contributed by atoms with van der Waals surface area (Å²) in [5.41, 5.74) is 4.21. The summed E-state index contributed by atoms with van der Waals surface area (Å²) in [4.78, 5) is 14.9. The van der Waals surface area contributed by atoms with Gasteiger partial charge in [0.1, 0.15) is 5.65 Å². The molecule has 3 aromatic heterocycles. The third-order valence-corrected chi connectivity index (χ3v) is 4.48. The fraction of sp³-hybridized carbons (Fsp3) is 0.353. The molecule has 0 spiro atoms. The van der Waals surface area contributed by atoms with Gasteiger partial charge in [-0.15, -0.1) is 0 Å². The average Bonchev–Trinajstić information content (AvgIpc) is 3.28. The molecule has 1 amide bonds. The van der Waals surface area contributed by atoms with Gasteiger partial charge < -0.3 is 14.5 Å². The largest absolute Gasteiger partial charge is 0.381 e. The molecule has 1 aliphatic rings. The normalized spacial score (nSPS) is 17.5. The number of imidazole rings is 1. The lowest BCUT2D eigenvalue weighted by Crippen LogP contribution is -2.05. The summed E-state index contributed by atoms with van der Waals surface area (Å²) >= 11 is 0. The zero-order valence-corrected chi connectivity index (χ0v) is 13.5. The molecule has 1 aliphatic heterocycles. The predicted molar refractivity (Wildman–Crippen MR) is 89.7 cm³/mol. The number of amides is 1. The fourth-order valence-corrected chi connectivity index (χ4v) is 3.32. The molecule has 0 bridgehead atoms. The van der Waals surface area contributed by atoms with E-state index in [2.05, 4.69) is 15.4 Å². The first kappa shape index (κ1) is 14.9. The number of carbonyl (C=O) groups excluding carboxylic acids is 1. The van der Waals surface area contributed by atoms with Gasteiger partial charge in [0.25, 0.3) is 0 Å². The van der Waals surface area contributed by atoms with Gasteiger partial charge in [-0.25, -0.2) is 4.98 Å². The molecular weight excluding hydrogens is 306 g/mol. The number of aryl methyl sites for hydroxylation is 1. The first-order chi connectivity index (χ1) is 11.7. The van der Waals surface area contributed by atoms with Gasteiger partial charge in [-0.2, -0.15) is 5.10 Å². The van der Waals surface area contributed by atoms with Crippen molar-refractivity contribution >= 4 is 17.9 Å². The number of fused-ring (bicyclic) bond motifs is 1. The number of nitrogens with zero attached hydrogens (tertiary/aromatic N) is 4. The van der Waals surface area contributed by atoms with Crippen LogP contribution in [0.25, 0.3) is 16.9 Å². The van der Waals surface area contributed by atoms with Crippen LogP contribution in [0.15, 0.2) is 30.7 Å². The van der Waals surface area contributed by atoms with Crippen molar-refractivity contribution in [2.75, 3.05) is 18.5 Å². The number of pyridine rings is 1. The Labute approximate surface area is 139 Å². The molecular formula is C17H19N5O2. The molecule has 1 atom stereocenters. The number of hydrogen-bond donors (Lipinski definition) is 1. The maximum atomic E-state index is 10.6. The van der Waals surface area contributed by atoms with Crippen molar-refractivity contribution in [1.29, 1.82) is 0 Å². The number of ether oxygens (including phenoxy) is 1. The summed E-state index contributed by atoms with van der Waals surface area (Å²) in [6.07, 6.45) is 8.48. The molecule has 0 radical (unpaired) electrons. The molecule has 1 fully saturated rings. The summed E-state index contributed by atoms with van der Waals surface area (Å²) in [5, 5.41) is 7.02. The average molecular weight is 325 g/mol. The van der Waals surface area contributed by atoms with E-state index >= 15 is 0 Å². The smallest absolute Gasteiger partial charge is 0.212 e. The van der Waals surface area contributed by atoms with E-state index in [9.17, 15) is 4.79 Å². The van der Waals surface area contributed by atoms with E-state index in [0.717, 1.165) is 43.0 Å². The minimum atomic E-state index is 0.537. The van der Waals surface area contributed by atoms with Gasteiger partial charge in [0, 0.05) is 32.0 Å². The summed E-state index contributed by atoms with van der Waals surface area (Å²) in [6, 6.07) is 3.99. The summed E-state index contributed by atoms with van der Waals surface area (Å²) in [5.74, 6) is 1.10. The predicted octanol–water partition coefficient (Wildman–Crippen LogP) is 1.88. The SMILES string of the molecule is Cn1ncc(CC2CCOC2)c1-c1ccc2nc(NC=O)cn2c1. The molecule has 1 N–H and O–H groups in total. The zero-order chi connectivity index (χ0) is 16.5. The monoisotopic (exact) mass is 325 g/mol. The van der Waals surface area contributed by atoms with Crippen LogP contribution in [0.2, 0.25) is 0 Å². The third kappa shape index (κ3) is 2.67. The topological polar surface area (TPSA) is 73.4 Å². The highest BCUT2D eigenvalue weighted by molar-refractivity contribution is 5.71. The van der Waals surface area contributed by atoms with Crippen LogP contribution in [0.4, 0.5) is 5.82 Å². The standard InChI is InChI=1S/C17H19N5O2/c1-21-17(14(7-19-21)6-12-4-5-24-10-12)13-2-3-16-20-15(18-11-23)9-22(16)8-13/h2-3,7-9,11-12H,4-6,10H2,1H3,(H,18,23). The van der Waals surface area contributed by atoms with Crippen LogP contribution in [0.5, 0.6) is 0 Å². The molecule has 3 aromatic rings. The lowest BCUT2D eigenvalue weighted by Gasteiger charge is -2.10. The second-order valence-corrected chi connectivity index (χ2v) is 6.15. The molecule has 0 aromatic carbocycles. The van der Waals surface area contributed by atoms with Crippen LogP contribution in [-0.2, 0) is 23.0 Å². The van der Waals surface area contributed by atoms with E-state index in [1.54, 1.807) is 6.20 Å². The summed E-state index contributed by atoms with van der Waals surface area (Å²) in [7, 11) is 1.96. The van der Waals surface area contributed by atoms with E-state index in [0.29, 0.717) is 18.1 Å². The third-order valence-electron chi connectivity index (χ3n) is 4.48. The van der Waals surface area contributed by atoms with Crippen molar-refractivity contribution in [1.82, 2.24) is 19.2 Å². The van der Waals surface area contributed by atoms with Crippen molar-refractivity contribution in [2.24, 2.45) is 13.0 Å². The van der Waals surface area contributed by atoms with Gasteiger partial charge in [-0.05, 0) is 36.5 Å². The molecule has 0 aliphatic carbocycles. The van der Waals surface area contributed by atoms with E-state index in [-0.39, 0.29) is 0 Å². The maximum Gasteiger partial charge on any atom is 0.212 e. The molecule has 1 unspecified atom stereocenters. The van der Waals surface area contributed by atoms with Crippen LogP contribution in [-0.4, -0.2) is 38.8 Å². The second-order valence-electron chi connectivity index (χ2n) is 6.15. The number of nitrogens with one attached hydrogen (secondary N) is 1. The minimum Gasteiger partial charge on any atom is -0.381 e. The molecule has 24 heavy (non-hydrogen) atoms. The Bertz CT molecular complexity index is 876. The lowest BCUT2D eigenvalue weighted by molar-refractivity contribution is -0.105. The van der Waals surface area contributed by atoms with Crippen LogP contribution < -0.4 is 5.32 Å². The Morgan fingerprint density at radius 1 is 1.42 bits per heavy atom. The van der Waals surface area contributed by atoms with Gasteiger partial charge in [0.2, 0.25) is 6.41 Å². The van der Waals surface area contributed by atoms with Gasteiger partial charge in [-0.1, -0.05) is 0 Å². The van der Waals surface area contributed by atoms with E-state index in [1.165, 1.54) is 5.56 Å². The maximum absolute atomic E-state index is 10.6. The highest BCUT2D eigenvalue weighted by atomic mass is 16.5. The van der Waals surface area contributed by atoms with Crippen molar-refractivity contribution in [3.05, 3.63) is 36.3 Å². The van der Waals surface area contributed by atoms with Crippen molar-refractivity contribution in [3.63, 3.8) is 0 Å². The Balaban J connectivity index is 1.70. The Kier molecular flexibility index (Phi) is 3.78. The summed E-state index contributed by atoms with van der Waals surface area (Å²) < 4.78 is 9.31.